The number of fused-ring (bicyclic) bond motifs is 5. The summed E-state index contributed by atoms with van der Waals surface area (Å²) in [7, 11) is 0. The summed E-state index contributed by atoms with van der Waals surface area (Å²) in [5, 5.41) is 0. The van der Waals surface area contributed by atoms with Gasteiger partial charge in [-0.1, -0.05) is 50.2 Å². The number of ketones is 2. The Morgan fingerprint density at radius 3 is 1.98 bits per heavy atom. The number of carbonyl (C=O) groups excluding carboxylic acids is 4. The summed E-state index contributed by atoms with van der Waals surface area (Å²) in [5.74, 6) is -0.431. The lowest BCUT2D eigenvalue weighted by Crippen LogP contribution is -2.64. The van der Waals surface area contributed by atoms with E-state index in [1.54, 1.807) is 31.2 Å². The molecule has 6 nitrogen and oxygen atoms in total. The summed E-state index contributed by atoms with van der Waals surface area (Å²) >= 11 is 0. The van der Waals surface area contributed by atoms with Crippen molar-refractivity contribution in [1.82, 2.24) is 0 Å². The fraction of sp³-hybridized carbons (Fsp3) is 0.543. The molecule has 0 spiro atoms. The van der Waals surface area contributed by atoms with Crippen LogP contribution in [0.3, 0.4) is 0 Å². The second-order valence-corrected chi connectivity index (χ2v) is 13.5. The summed E-state index contributed by atoms with van der Waals surface area (Å²) in [4.78, 5) is 52.7. The Labute approximate surface area is 242 Å². The van der Waals surface area contributed by atoms with Gasteiger partial charge in [-0.2, -0.15) is 0 Å². The van der Waals surface area contributed by atoms with E-state index in [9.17, 15) is 19.2 Å². The van der Waals surface area contributed by atoms with Crippen molar-refractivity contribution < 1.29 is 28.7 Å². The lowest BCUT2D eigenvalue weighted by molar-refractivity contribution is -0.205. The molecule has 9 atom stereocenters. The molecule has 0 N–H and O–H groups in total. The highest BCUT2D eigenvalue weighted by molar-refractivity contribution is 5.90. The highest BCUT2D eigenvalue weighted by atomic mass is 16.6. The van der Waals surface area contributed by atoms with Crippen LogP contribution in [0, 0.1) is 40.4 Å². The zero-order chi connectivity index (χ0) is 28.9. The maximum Gasteiger partial charge on any atom is 0.338 e. The van der Waals surface area contributed by atoms with Crippen molar-refractivity contribution in [1.29, 1.82) is 0 Å². The van der Waals surface area contributed by atoms with Gasteiger partial charge in [-0.05, 0) is 86.0 Å². The minimum atomic E-state index is -0.451. The Bertz CT molecular complexity index is 1340. The summed E-state index contributed by atoms with van der Waals surface area (Å²) in [6.45, 7) is 6.12. The van der Waals surface area contributed by atoms with Crippen LogP contribution in [0.4, 0.5) is 0 Å². The van der Waals surface area contributed by atoms with Gasteiger partial charge in [0.2, 0.25) is 0 Å². The molecule has 0 unspecified atom stereocenters. The molecule has 0 saturated heterocycles. The topological polar surface area (TPSA) is 86.7 Å². The van der Waals surface area contributed by atoms with Crippen LogP contribution in [0.1, 0.15) is 86.4 Å². The molecule has 216 valence electrons. The van der Waals surface area contributed by atoms with Gasteiger partial charge in [-0.3, -0.25) is 9.59 Å². The van der Waals surface area contributed by atoms with E-state index in [1.807, 2.05) is 36.4 Å². The normalized spacial score (nSPS) is 37.7. The predicted octanol–water partition coefficient (Wildman–Crippen LogP) is 6.47. The molecule has 41 heavy (non-hydrogen) atoms. The van der Waals surface area contributed by atoms with E-state index in [-0.39, 0.29) is 63.9 Å². The number of esters is 2. The molecule has 4 fully saturated rings. The minimum absolute atomic E-state index is 0.0332. The lowest BCUT2D eigenvalue weighted by atomic mass is 9.43. The monoisotopic (exact) mass is 556 g/mol. The molecule has 0 bridgehead atoms. The van der Waals surface area contributed by atoms with Crippen LogP contribution in [0.15, 0.2) is 60.7 Å². The lowest BCUT2D eigenvalue weighted by Gasteiger charge is -2.63. The van der Waals surface area contributed by atoms with Gasteiger partial charge in [-0.15, -0.1) is 0 Å². The second kappa shape index (κ2) is 10.5. The molecule has 0 aliphatic heterocycles. The quantitative estimate of drug-likeness (QED) is 0.392. The van der Waals surface area contributed by atoms with Crippen molar-refractivity contribution in [2.45, 2.75) is 77.9 Å². The van der Waals surface area contributed by atoms with Crippen molar-refractivity contribution in [2.24, 2.45) is 40.4 Å². The molecule has 0 heterocycles. The van der Waals surface area contributed by atoms with Crippen LogP contribution < -0.4 is 0 Å². The third-order valence-corrected chi connectivity index (χ3v) is 11.4. The molecule has 0 radical (unpaired) electrons. The Morgan fingerprint density at radius 1 is 0.805 bits per heavy atom. The number of carbonyl (C=O) groups is 4. The van der Waals surface area contributed by atoms with Gasteiger partial charge < -0.3 is 9.47 Å². The molecular formula is C35H40O6. The maximum absolute atomic E-state index is 13.5. The number of hydrogen-bond donors (Lipinski definition) is 0. The van der Waals surface area contributed by atoms with Crippen molar-refractivity contribution in [3.05, 3.63) is 71.8 Å². The van der Waals surface area contributed by atoms with Gasteiger partial charge >= 0.3 is 11.9 Å². The highest BCUT2D eigenvalue weighted by Crippen LogP contribution is 2.68. The van der Waals surface area contributed by atoms with Crippen LogP contribution in [0.5, 0.6) is 0 Å². The van der Waals surface area contributed by atoms with Gasteiger partial charge in [0, 0.05) is 30.6 Å². The minimum Gasteiger partial charge on any atom is -0.458 e. The van der Waals surface area contributed by atoms with Gasteiger partial charge in [0.25, 0.3) is 0 Å². The Balaban J connectivity index is 1.43. The average molecular weight is 557 g/mol. The molecule has 4 saturated carbocycles. The zero-order valence-electron chi connectivity index (χ0n) is 24.2. The fourth-order valence-electron chi connectivity index (χ4n) is 9.52. The molecule has 2 aromatic carbocycles. The van der Waals surface area contributed by atoms with Crippen LogP contribution in [0.2, 0.25) is 0 Å². The Kier molecular flexibility index (Phi) is 7.15. The molecule has 4 aliphatic carbocycles. The van der Waals surface area contributed by atoms with E-state index in [0.717, 1.165) is 19.3 Å². The van der Waals surface area contributed by atoms with Crippen molar-refractivity contribution in [2.75, 3.05) is 0 Å². The smallest absolute Gasteiger partial charge is 0.338 e. The van der Waals surface area contributed by atoms with Crippen LogP contribution >= 0.6 is 0 Å². The first kappa shape index (κ1) is 27.9. The average Bonchev–Trinajstić information content (AvgIpc) is 3.31. The molecule has 0 aromatic heterocycles. The van der Waals surface area contributed by atoms with E-state index < -0.39 is 12.2 Å². The van der Waals surface area contributed by atoms with Gasteiger partial charge in [-0.25, -0.2) is 9.59 Å². The molecular weight excluding hydrogens is 516 g/mol. The van der Waals surface area contributed by atoms with E-state index in [0.29, 0.717) is 36.8 Å². The first-order chi connectivity index (χ1) is 19.6. The summed E-state index contributed by atoms with van der Waals surface area (Å²) in [6.07, 6.45) is 3.69. The fourth-order valence-corrected chi connectivity index (χ4v) is 9.52. The molecule has 6 heteroatoms. The van der Waals surface area contributed by atoms with Gasteiger partial charge in [0.05, 0.1) is 11.1 Å². The Hall–Kier alpha value is -3.28. The van der Waals surface area contributed by atoms with E-state index in [4.69, 9.17) is 9.47 Å². The highest BCUT2D eigenvalue weighted by Gasteiger charge is 2.67. The summed E-state index contributed by atoms with van der Waals surface area (Å²) in [6, 6.07) is 18.1. The largest absolute Gasteiger partial charge is 0.458 e. The standard InChI is InChI=1S/C35H40O6/c1-21(36)26-14-15-27-30-28(40-32(38)22-10-6-4-7-11-22)19-24-18-25(37)16-17-34(24,2)31(30)29(20-35(26,27)3)41-33(39)23-12-8-5-9-13-23/h4-13,24,26-31H,14-20H2,1-3H3/t24-,26+,27-,28-,29+,30+,31-,34-,35+/m0/s1. The summed E-state index contributed by atoms with van der Waals surface area (Å²) in [5.41, 5.74) is 0.371. The van der Waals surface area contributed by atoms with E-state index in [2.05, 4.69) is 13.8 Å². The van der Waals surface area contributed by atoms with Crippen LogP contribution in [0.25, 0.3) is 0 Å². The molecule has 4 aliphatic rings. The zero-order valence-corrected chi connectivity index (χ0v) is 24.2. The van der Waals surface area contributed by atoms with Gasteiger partial charge in [0.15, 0.2) is 0 Å². The second-order valence-electron chi connectivity index (χ2n) is 13.5. The third-order valence-electron chi connectivity index (χ3n) is 11.4. The van der Waals surface area contributed by atoms with Crippen LogP contribution in [-0.2, 0) is 19.1 Å². The first-order valence-corrected chi connectivity index (χ1v) is 15.2. The van der Waals surface area contributed by atoms with E-state index in [1.165, 1.54) is 0 Å². The number of benzene rings is 2. The van der Waals surface area contributed by atoms with Crippen molar-refractivity contribution in [3.8, 4) is 0 Å². The van der Waals surface area contributed by atoms with Crippen molar-refractivity contribution in [3.63, 3.8) is 0 Å². The Morgan fingerprint density at radius 2 is 1.39 bits per heavy atom. The number of Topliss-reactive ketones (excluding diaryl/α,β-unsaturated/α-hetero) is 2. The molecule has 0 amide bonds. The number of hydrogen-bond acceptors (Lipinski definition) is 6. The van der Waals surface area contributed by atoms with Crippen LogP contribution in [-0.4, -0.2) is 35.7 Å². The number of rotatable bonds is 5. The summed E-state index contributed by atoms with van der Waals surface area (Å²) < 4.78 is 12.8. The van der Waals surface area contributed by atoms with Crippen molar-refractivity contribution >= 4 is 23.5 Å². The maximum atomic E-state index is 13.5. The third kappa shape index (κ3) is 4.73. The first-order valence-electron chi connectivity index (χ1n) is 15.2. The van der Waals surface area contributed by atoms with Gasteiger partial charge in [0.1, 0.15) is 23.8 Å². The molecule has 2 aromatic rings. The SMILES string of the molecule is CC(=O)[C@H]1CC[C@H]2[C@H]3[C@H]([C@H](OC(=O)c4ccccc4)C[C@]12C)[C@@]1(C)CCC(=O)C[C@H]1C[C@@H]3OC(=O)c1ccccc1. The molecule has 6 rings (SSSR count). The number of ether oxygens (including phenoxy) is 2. The predicted molar refractivity (Wildman–Crippen MR) is 153 cm³/mol. The van der Waals surface area contributed by atoms with E-state index >= 15 is 0 Å².